The van der Waals surface area contributed by atoms with Gasteiger partial charge in [-0.3, -0.25) is 4.79 Å². The Morgan fingerprint density at radius 2 is 2.05 bits per heavy atom. The van der Waals surface area contributed by atoms with E-state index in [1.54, 1.807) is 28.2 Å². The summed E-state index contributed by atoms with van der Waals surface area (Å²) in [6.45, 7) is 1.46. The van der Waals surface area contributed by atoms with E-state index in [-0.39, 0.29) is 5.56 Å². The molecule has 108 valence electrons. The van der Waals surface area contributed by atoms with Crippen LogP contribution in [-0.4, -0.2) is 14.1 Å². The minimum Gasteiger partial charge on any atom is -0.398 e. The van der Waals surface area contributed by atoms with Crippen molar-refractivity contribution in [2.24, 2.45) is 0 Å². The number of nitrogens with two attached hydrogens (primary N) is 1. The maximum Gasteiger partial charge on any atom is 0.250 e. The van der Waals surface area contributed by atoms with Crippen molar-refractivity contribution in [1.29, 1.82) is 0 Å². The molecule has 3 aromatic rings. The van der Waals surface area contributed by atoms with Crippen LogP contribution >= 0.6 is 11.3 Å². The Labute approximate surface area is 126 Å². The Balaban J connectivity index is 1.68. The average Bonchev–Trinajstić information content (AvgIpc) is 3.13. The van der Waals surface area contributed by atoms with Crippen molar-refractivity contribution in [3.8, 4) is 10.7 Å². The molecule has 0 aliphatic heterocycles. The van der Waals surface area contributed by atoms with Crippen LogP contribution in [0.15, 0.2) is 53.0 Å². The summed E-state index contributed by atoms with van der Waals surface area (Å²) in [5.41, 5.74) is 6.30. The van der Waals surface area contributed by atoms with Gasteiger partial charge < -0.3 is 14.9 Å². The molecule has 6 heteroatoms. The molecule has 0 radical (unpaired) electrons. The Hall–Kier alpha value is -2.34. The lowest BCUT2D eigenvalue weighted by Crippen LogP contribution is -2.19. The minimum atomic E-state index is -0.0201. The highest BCUT2D eigenvalue weighted by Crippen LogP contribution is 2.22. The summed E-state index contributed by atoms with van der Waals surface area (Å²) < 4.78 is 3.76. The van der Waals surface area contributed by atoms with Crippen molar-refractivity contribution in [2.45, 2.75) is 19.5 Å². The smallest absolute Gasteiger partial charge is 0.250 e. The van der Waals surface area contributed by atoms with Crippen molar-refractivity contribution >= 4 is 17.0 Å². The quantitative estimate of drug-likeness (QED) is 0.787. The molecule has 0 unspecified atom stereocenters. The van der Waals surface area contributed by atoms with Crippen LogP contribution in [0.3, 0.4) is 0 Å². The number of aromatic nitrogens is 3. The van der Waals surface area contributed by atoms with Gasteiger partial charge in [-0.2, -0.15) is 0 Å². The number of hydrogen-bond donors (Lipinski definition) is 1. The van der Waals surface area contributed by atoms with Gasteiger partial charge in [-0.05, 0) is 23.9 Å². The van der Waals surface area contributed by atoms with Crippen molar-refractivity contribution in [1.82, 2.24) is 14.1 Å². The first-order valence-electron chi connectivity index (χ1n) is 6.75. The maximum atomic E-state index is 11.7. The summed E-state index contributed by atoms with van der Waals surface area (Å²) in [7, 11) is 0. The molecular formula is C15H16N4OS. The third-order valence-electron chi connectivity index (χ3n) is 3.26. The molecule has 0 amide bonds. The lowest BCUT2D eigenvalue weighted by molar-refractivity contribution is 0.556. The van der Waals surface area contributed by atoms with E-state index in [1.807, 2.05) is 23.8 Å². The van der Waals surface area contributed by atoms with Gasteiger partial charge in [0.1, 0.15) is 5.82 Å². The van der Waals surface area contributed by atoms with E-state index in [4.69, 9.17) is 5.73 Å². The first-order valence-corrected chi connectivity index (χ1v) is 7.63. The number of aryl methyl sites for hydroxylation is 2. The van der Waals surface area contributed by atoms with Gasteiger partial charge in [0.25, 0.3) is 5.56 Å². The second-order valence-corrected chi connectivity index (χ2v) is 5.72. The average molecular weight is 300 g/mol. The van der Waals surface area contributed by atoms with E-state index in [0.717, 1.165) is 23.7 Å². The Morgan fingerprint density at radius 1 is 1.19 bits per heavy atom. The van der Waals surface area contributed by atoms with Crippen LogP contribution in [0.5, 0.6) is 0 Å². The van der Waals surface area contributed by atoms with Crippen molar-refractivity contribution < 1.29 is 0 Å². The van der Waals surface area contributed by atoms with Gasteiger partial charge in [0.05, 0.1) is 4.88 Å². The zero-order valence-corrected chi connectivity index (χ0v) is 12.3. The third kappa shape index (κ3) is 3.05. The van der Waals surface area contributed by atoms with Crippen LogP contribution in [0.1, 0.15) is 6.42 Å². The second kappa shape index (κ2) is 5.97. The van der Waals surface area contributed by atoms with Gasteiger partial charge in [0.15, 0.2) is 0 Å². The topological polar surface area (TPSA) is 65.8 Å². The monoisotopic (exact) mass is 300 g/mol. The van der Waals surface area contributed by atoms with E-state index in [9.17, 15) is 4.79 Å². The molecule has 3 rings (SSSR count). The van der Waals surface area contributed by atoms with Gasteiger partial charge >= 0.3 is 0 Å². The highest BCUT2D eigenvalue weighted by atomic mass is 32.1. The standard InChI is InChI=1S/C15H16N4OS/c16-12-4-5-14(20)19(11-12)8-2-7-18-9-6-17-15(18)13-3-1-10-21-13/h1,3-6,9-11H,2,7-8,16H2. The molecule has 0 saturated heterocycles. The van der Waals surface area contributed by atoms with Crippen LogP contribution in [-0.2, 0) is 13.1 Å². The number of nitrogen functional groups attached to an aromatic ring is 1. The van der Waals surface area contributed by atoms with Gasteiger partial charge in [0.2, 0.25) is 0 Å². The fourth-order valence-electron chi connectivity index (χ4n) is 2.26. The summed E-state index contributed by atoms with van der Waals surface area (Å²) in [4.78, 5) is 17.3. The SMILES string of the molecule is Nc1ccc(=O)n(CCCn2ccnc2-c2cccs2)c1. The van der Waals surface area contributed by atoms with E-state index < -0.39 is 0 Å². The minimum absolute atomic E-state index is 0.0201. The molecule has 0 saturated carbocycles. The highest BCUT2D eigenvalue weighted by molar-refractivity contribution is 7.13. The van der Waals surface area contributed by atoms with Crippen molar-refractivity contribution in [2.75, 3.05) is 5.73 Å². The summed E-state index contributed by atoms with van der Waals surface area (Å²) in [5.74, 6) is 0.977. The summed E-state index contributed by atoms with van der Waals surface area (Å²) >= 11 is 1.67. The van der Waals surface area contributed by atoms with Crippen LogP contribution in [0, 0.1) is 0 Å². The van der Waals surface area contributed by atoms with Gasteiger partial charge in [-0.15, -0.1) is 11.3 Å². The number of rotatable bonds is 5. The number of imidazole rings is 1. The Morgan fingerprint density at radius 3 is 2.86 bits per heavy atom. The van der Waals surface area contributed by atoms with Crippen molar-refractivity contribution in [3.63, 3.8) is 0 Å². The molecule has 0 aromatic carbocycles. The molecule has 5 nitrogen and oxygen atoms in total. The first kappa shape index (κ1) is 13.6. The lowest BCUT2D eigenvalue weighted by atomic mass is 10.3. The fraction of sp³-hybridized carbons (Fsp3) is 0.200. The van der Waals surface area contributed by atoms with Gasteiger partial charge in [-0.1, -0.05) is 6.07 Å². The summed E-state index contributed by atoms with van der Waals surface area (Å²) in [6.07, 6.45) is 6.31. The summed E-state index contributed by atoms with van der Waals surface area (Å²) in [6, 6.07) is 7.21. The fourth-order valence-corrected chi connectivity index (χ4v) is 2.99. The normalized spacial score (nSPS) is 10.9. The molecule has 0 fully saturated rings. The second-order valence-electron chi connectivity index (χ2n) is 4.77. The number of pyridine rings is 1. The predicted octanol–water partition coefficient (Wildman–Crippen LogP) is 2.45. The largest absolute Gasteiger partial charge is 0.398 e. The van der Waals surface area contributed by atoms with Crippen LogP contribution in [0.4, 0.5) is 5.69 Å². The molecule has 3 aromatic heterocycles. The Bertz CT molecular complexity index is 773. The molecule has 0 atom stereocenters. The molecule has 0 aliphatic rings. The van der Waals surface area contributed by atoms with Crippen LogP contribution in [0.25, 0.3) is 10.7 Å². The molecule has 3 heterocycles. The molecular weight excluding hydrogens is 284 g/mol. The summed E-state index contributed by atoms with van der Waals surface area (Å²) in [5, 5.41) is 2.04. The number of anilines is 1. The zero-order chi connectivity index (χ0) is 14.7. The molecule has 2 N–H and O–H groups in total. The van der Waals surface area contributed by atoms with Crippen LogP contribution in [0.2, 0.25) is 0 Å². The maximum absolute atomic E-state index is 11.7. The van der Waals surface area contributed by atoms with Gasteiger partial charge in [0, 0.05) is 43.4 Å². The van der Waals surface area contributed by atoms with E-state index >= 15 is 0 Å². The van der Waals surface area contributed by atoms with E-state index in [2.05, 4.69) is 15.6 Å². The molecule has 0 bridgehead atoms. The van der Waals surface area contributed by atoms with E-state index in [1.165, 1.54) is 6.07 Å². The third-order valence-corrected chi connectivity index (χ3v) is 4.13. The lowest BCUT2D eigenvalue weighted by Gasteiger charge is -2.09. The first-order chi connectivity index (χ1) is 10.2. The zero-order valence-electron chi connectivity index (χ0n) is 11.5. The van der Waals surface area contributed by atoms with Crippen molar-refractivity contribution in [3.05, 3.63) is 58.6 Å². The van der Waals surface area contributed by atoms with Gasteiger partial charge in [-0.25, -0.2) is 4.98 Å². The molecule has 21 heavy (non-hydrogen) atoms. The van der Waals surface area contributed by atoms with E-state index in [0.29, 0.717) is 12.2 Å². The molecule has 0 aliphatic carbocycles. The molecule has 0 spiro atoms. The number of nitrogens with zero attached hydrogens (tertiary/aromatic N) is 3. The number of hydrogen-bond acceptors (Lipinski definition) is 4. The number of thiophene rings is 1. The predicted molar refractivity (Wildman–Crippen MR) is 85.3 cm³/mol. The highest BCUT2D eigenvalue weighted by Gasteiger charge is 2.06. The Kier molecular flexibility index (Phi) is 3.87. The van der Waals surface area contributed by atoms with Crippen LogP contribution < -0.4 is 11.3 Å².